The van der Waals surface area contributed by atoms with Crippen LogP contribution in [0.3, 0.4) is 0 Å². The minimum Gasteiger partial charge on any atom is -0.493 e. The monoisotopic (exact) mass is 381 g/mol. The predicted octanol–water partition coefficient (Wildman–Crippen LogP) is 2.44. The van der Waals surface area contributed by atoms with Crippen molar-refractivity contribution in [2.24, 2.45) is 0 Å². The summed E-state index contributed by atoms with van der Waals surface area (Å²) in [5.74, 6) is 1.20. The highest BCUT2D eigenvalue weighted by molar-refractivity contribution is 6.04. The molecule has 0 saturated heterocycles. The van der Waals surface area contributed by atoms with Crippen LogP contribution in [-0.2, 0) is 6.42 Å². The Morgan fingerprint density at radius 3 is 2.39 bits per heavy atom. The maximum Gasteiger partial charge on any atom is 0.257 e. The maximum absolute atomic E-state index is 12.9. The van der Waals surface area contributed by atoms with Crippen molar-refractivity contribution >= 4 is 17.4 Å². The summed E-state index contributed by atoms with van der Waals surface area (Å²) in [6.07, 6.45) is 2.09. The fourth-order valence-electron chi connectivity index (χ4n) is 2.78. The number of nitrogens with one attached hydrogen (secondary N) is 1. The molecule has 2 heterocycles. The van der Waals surface area contributed by atoms with Gasteiger partial charge in [-0.3, -0.25) is 9.20 Å². The first-order valence-electron chi connectivity index (χ1n) is 8.44. The van der Waals surface area contributed by atoms with Crippen molar-refractivity contribution in [2.45, 2.75) is 13.3 Å². The van der Waals surface area contributed by atoms with Gasteiger partial charge in [-0.25, -0.2) is 9.97 Å². The standard InChI is InChI=1S/C19H19N5O4/c1-5-12-8-16(24-10-21-13(9-20)18(24)22-12)23-19(25)11-6-14(26-2)17(28-4)15(7-11)27-3/h6-8,10H,5H2,1-4H3,(H,23,25). The summed E-state index contributed by atoms with van der Waals surface area (Å²) in [5, 5.41) is 12.0. The normalized spacial score (nSPS) is 10.4. The number of benzene rings is 1. The van der Waals surface area contributed by atoms with Crippen molar-refractivity contribution in [3.63, 3.8) is 0 Å². The van der Waals surface area contributed by atoms with Crippen LogP contribution < -0.4 is 19.5 Å². The number of methoxy groups -OCH3 is 3. The van der Waals surface area contributed by atoms with Crippen molar-refractivity contribution in [1.29, 1.82) is 5.26 Å². The van der Waals surface area contributed by atoms with Gasteiger partial charge in [0.15, 0.2) is 22.8 Å². The highest BCUT2D eigenvalue weighted by atomic mass is 16.5. The Kier molecular flexibility index (Phi) is 5.31. The van der Waals surface area contributed by atoms with E-state index in [1.165, 1.54) is 27.7 Å². The van der Waals surface area contributed by atoms with Crippen molar-refractivity contribution in [2.75, 3.05) is 26.6 Å². The third kappa shape index (κ3) is 3.27. The lowest BCUT2D eigenvalue weighted by Gasteiger charge is -2.14. The number of imidazole rings is 1. The number of nitriles is 1. The Morgan fingerprint density at radius 2 is 1.86 bits per heavy atom. The molecule has 1 amide bonds. The molecule has 3 rings (SSSR count). The number of nitrogens with zero attached hydrogens (tertiary/aromatic N) is 4. The van der Waals surface area contributed by atoms with Crippen molar-refractivity contribution in [1.82, 2.24) is 14.4 Å². The van der Waals surface area contributed by atoms with Gasteiger partial charge in [-0.2, -0.15) is 5.26 Å². The van der Waals surface area contributed by atoms with Gasteiger partial charge in [-0.1, -0.05) is 6.92 Å². The fourth-order valence-corrected chi connectivity index (χ4v) is 2.78. The first kappa shape index (κ1) is 19.0. The van der Waals surface area contributed by atoms with Crippen molar-refractivity contribution in [3.8, 4) is 23.3 Å². The number of hydrogen-bond donors (Lipinski definition) is 1. The number of ether oxygens (including phenoxy) is 3. The Balaban J connectivity index is 2.04. The molecule has 144 valence electrons. The maximum atomic E-state index is 12.9. The number of aromatic nitrogens is 3. The fraction of sp³-hybridized carbons (Fsp3) is 0.263. The molecule has 2 aromatic heterocycles. The summed E-state index contributed by atoms with van der Waals surface area (Å²) < 4.78 is 17.4. The van der Waals surface area contributed by atoms with Gasteiger partial charge in [0, 0.05) is 17.3 Å². The number of amides is 1. The van der Waals surface area contributed by atoms with Gasteiger partial charge in [-0.05, 0) is 18.6 Å². The molecule has 0 radical (unpaired) electrons. The van der Waals surface area contributed by atoms with Gasteiger partial charge in [0.1, 0.15) is 18.2 Å². The molecule has 0 fully saturated rings. The molecule has 0 aliphatic rings. The van der Waals surface area contributed by atoms with E-state index in [0.717, 1.165) is 5.69 Å². The van der Waals surface area contributed by atoms with Crippen LogP contribution >= 0.6 is 0 Å². The summed E-state index contributed by atoms with van der Waals surface area (Å²) in [6, 6.07) is 6.86. The quantitative estimate of drug-likeness (QED) is 0.698. The first-order chi connectivity index (χ1) is 13.6. The average Bonchev–Trinajstić information content (AvgIpc) is 3.15. The van der Waals surface area contributed by atoms with Gasteiger partial charge in [-0.15, -0.1) is 0 Å². The van der Waals surface area contributed by atoms with Crippen LogP contribution in [0.1, 0.15) is 28.7 Å². The molecule has 28 heavy (non-hydrogen) atoms. The number of carbonyl (C=O) groups is 1. The van der Waals surface area contributed by atoms with E-state index in [4.69, 9.17) is 14.2 Å². The highest BCUT2D eigenvalue weighted by Crippen LogP contribution is 2.38. The lowest BCUT2D eigenvalue weighted by Crippen LogP contribution is -2.15. The Morgan fingerprint density at radius 1 is 1.18 bits per heavy atom. The number of fused-ring (bicyclic) bond motifs is 1. The van der Waals surface area contributed by atoms with Crippen molar-refractivity contribution < 1.29 is 19.0 Å². The number of anilines is 1. The molecule has 1 N–H and O–H groups in total. The highest BCUT2D eigenvalue weighted by Gasteiger charge is 2.19. The van der Waals surface area contributed by atoms with E-state index in [2.05, 4.69) is 15.3 Å². The minimum atomic E-state index is -0.388. The van der Waals surface area contributed by atoms with Crippen LogP contribution in [0.5, 0.6) is 17.2 Å². The van der Waals surface area contributed by atoms with Gasteiger partial charge in [0.25, 0.3) is 5.91 Å². The molecule has 0 spiro atoms. The molecule has 0 bridgehead atoms. The van der Waals surface area contributed by atoms with Crippen LogP contribution in [0.25, 0.3) is 5.65 Å². The van der Waals surface area contributed by atoms with E-state index in [0.29, 0.717) is 40.7 Å². The largest absolute Gasteiger partial charge is 0.493 e. The molecule has 9 nitrogen and oxygen atoms in total. The third-order valence-corrected chi connectivity index (χ3v) is 4.19. The van der Waals surface area contributed by atoms with Gasteiger partial charge >= 0.3 is 0 Å². The Bertz CT molecular complexity index is 1060. The van der Waals surface area contributed by atoms with Gasteiger partial charge in [0.2, 0.25) is 5.75 Å². The van der Waals surface area contributed by atoms with E-state index in [1.807, 2.05) is 13.0 Å². The van der Waals surface area contributed by atoms with Crippen LogP contribution in [-0.4, -0.2) is 41.6 Å². The number of hydrogen-bond acceptors (Lipinski definition) is 7. The third-order valence-electron chi connectivity index (χ3n) is 4.19. The van der Waals surface area contributed by atoms with Crippen LogP contribution in [0.15, 0.2) is 24.5 Å². The van der Waals surface area contributed by atoms with E-state index >= 15 is 0 Å². The molecule has 0 aliphatic heterocycles. The summed E-state index contributed by atoms with van der Waals surface area (Å²) in [4.78, 5) is 21.3. The predicted molar refractivity (Wildman–Crippen MR) is 101 cm³/mol. The number of aryl methyl sites for hydroxylation is 1. The SMILES string of the molecule is CCc1cc(NC(=O)c2cc(OC)c(OC)c(OC)c2)n2cnc(C#N)c2n1. The second-order valence-electron chi connectivity index (χ2n) is 5.75. The van der Waals surface area contributed by atoms with Gasteiger partial charge < -0.3 is 19.5 Å². The zero-order valence-electron chi connectivity index (χ0n) is 15.9. The first-order valence-corrected chi connectivity index (χ1v) is 8.44. The number of carbonyl (C=O) groups excluding carboxylic acids is 1. The smallest absolute Gasteiger partial charge is 0.257 e. The molecule has 0 aliphatic carbocycles. The zero-order valence-corrected chi connectivity index (χ0v) is 15.9. The second-order valence-corrected chi connectivity index (χ2v) is 5.75. The summed E-state index contributed by atoms with van der Waals surface area (Å²) in [6.45, 7) is 1.94. The van der Waals surface area contributed by atoms with Crippen LogP contribution in [0, 0.1) is 11.3 Å². The van der Waals surface area contributed by atoms with E-state index in [1.54, 1.807) is 22.6 Å². The van der Waals surface area contributed by atoms with E-state index in [9.17, 15) is 10.1 Å². The molecule has 0 atom stereocenters. The Hall–Kier alpha value is -3.80. The van der Waals surface area contributed by atoms with Crippen LogP contribution in [0.2, 0.25) is 0 Å². The van der Waals surface area contributed by atoms with E-state index in [-0.39, 0.29) is 11.6 Å². The summed E-state index contributed by atoms with van der Waals surface area (Å²) in [7, 11) is 4.45. The summed E-state index contributed by atoms with van der Waals surface area (Å²) in [5.41, 5.74) is 1.63. The average molecular weight is 381 g/mol. The molecule has 0 unspecified atom stereocenters. The molecular weight excluding hydrogens is 362 g/mol. The topological polar surface area (TPSA) is 111 Å². The minimum absolute atomic E-state index is 0.193. The molecular formula is C19H19N5O4. The second kappa shape index (κ2) is 7.84. The lowest BCUT2D eigenvalue weighted by atomic mass is 10.1. The van der Waals surface area contributed by atoms with Crippen LogP contribution in [0.4, 0.5) is 5.82 Å². The van der Waals surface area contributed by atoms with E-state index < -0.39 is 0 Å². The Labute approximate surface area is 161 Å². The summed E-state index contributed by atoms with van der Waals surface area (Å²) >= 11 is 0. The van der Waals surface area contributed by atoms with Crippen molar-refractivity contribution in [3.05, 3.63) is 41.5 Å². The molecule has 9 heteroatoms. The molecule has 3 aromatic rings. The molecule has 0 saturated carbocycles. The number of rotatable bonds is 6. The zero-order chi connectivity index (χ0) is 20.3. The molecule has 1 aromatic carbocycles. The lowest BCUT2D eigenvalue weighted by molar-refractivity contribution is 0.102. The van der Waals surface area contributed by atoms with Gasteiger partial charge in [0.05, 0.1) is 21.3 Å².